The van der Waals surface area contributed by atoms with Gasteiger partial charge in [0.15, 0.2) is 5.78 Å². The molecule has 8 atom stereocenters. The number of oxime groups is 2. The zero-order valence-electron chi connectivity index (χ0n) is 19.5. The summed E-state index contributed by atoms with van der Waals surface area (Å²) in [5, 5.41) is 16.5. The molecule has 3 saturated carbocycles. The Kier molecular flexibility index (Phi) is 4.84. The second-order valence-electron chi connectivity index (χ2n) is 11.1. The van der Waals surface area contributed by atoms with Gasteiger partial charge in [0.1, 0.15) is 11.8 Å². The number of ether oxygens (including phenoxy) is 1. The van der Waals surface area contributed by atoms with E-state index < -0.39 is 5.60 Å². The van der Waals surface area contributed by atoms with E-state index in [2.05, 4.69) is 30.2 Å². The van der Waals surface area contributed by atoms with Crippen molar-refractivity contribution in [1.82, 2.24) is 0 Å². The van der Waals surface area contributed by atoms with Crippen molar-refractivity contribution in [3.63, 3.8) is 0 Å². The van der Waals surface area contributed by atoms with E-state index in [1.54, 1.807) is 6.92 Å². The maximum Gasteiger partial charge on any atom is 0.302 e. The lowest BCUT2D eigenvalue weighted by Gasteiger charge is -2.58. The Balaban J connectivity index is 1.48. The van der Waals surface area contributed by atoms with Gasteiger partial charge in [0.05, 0.1) is 12.1 Å². The van der Waals surface area contributed by atoms with Crippen LogP contribution in [0.1, 0.15) is 72.6 Å². The maximum absolute atomic E-state index is 13.1. The van der Waals surface area contributed by atoms with Gasteiger partial charge in [0.25, 0.3) is 0 Å². The molecule has 3 fully saturated rings. The van der Waals surface area contributed by atoms with Crippen LogP contribution in [0.3, 0.4) is 0 Å². The van der Waals surface area contributed by atoms with Gasteiger partial charge in [-0.2, -0.15) is 0 Å². The van der Waals surface area contributed by atoms with Gasteiger partial charge in [-0.15, -0.1) is 0 Å². The van der Waals surface area contributed by atoms with E-state index in [4.69, 9.17) is 14.8 Å². The fourth-order valence-electron chi connectivity index (χ4n) is 8.57. The van der Waals surface area contributed by atoms with Crippen molar-refractivity contribution >= 4 is 23.7 Å². The van der Waals surface area contributed by atoms with Crippen LogP contribution in [0.2, 0.25) is 0 Å². The van der Waals surface area contributed by atoms with E-state index in [0.717, 1.165) is 44.9 Å². The van der Waals surface area contributed by atoms with Crippen molar-refractivity contribution in [2.45, 2.75) is 84.3 Å². The van der Waals surface area contributed by atoms with Gasteiger partial charge in [-0.05, 0) is 68.6 Å². The molecular weight excluding hydrogens is 408 g/mol. The first kappa shape index (κ1) is 21.7. The number of hydrogen-bond acceptors (Lipinski definition) is 7. The lowest BCUT2D eigenvalue weighted by molar-refractivity contribution is -0.174. The van der Waals surface area contributed by atoms with Crippen LogP contribution >= 0.6 is 0 Å². The molecule has 0 amide bonds. The van der Waals surface area contributed by atoms with E-state index in [1.165, 1.54) is 18.7 Å². The van der Waals surface area contributed by atoms with Crippen molar-refractivity contribution in [2.24, 2.45) is 44.8 Å². The zero-order valence-corrected chi connectivity index (χ0v) is 19.5. The third-order valence-electron chi connectivity index (χ3n) is 9.97. The molecule has 7 nitrogen and oxygen atoms in total. The smallest absolute Gasteiger partial charge is 0.302 e. The van der Waals surface area contributed by atoms with Crippen LogP contribution < -0.4 is 0 Å². The minimum atomic E-state index is -0.961. The van der Waals surface area contributed by atoms with Gasteiger partial charge in [-0.1, -0.05) is 35.8 Å². The third-order valence-corrected chi connectivity index (χ3v) is 9.97. The fraction of sp³-hybridized carbons (Fsp3) is 0.760. The molecule has 0 aromatic rings. The molecule has 0 bridgehead atoms. The minimum Gasteiger partial charge on any atom is -0.462 e. The number of fused-ring (bicyclic) bond motifs is 7. The van der Waals surface area contributed by atoms with Gasteiger partial charge in [0.2, 0.25) is 5.60 Å². The summed E-state index contributed by atoms with van der Waals surface area (Å²) in [6.07, 6.45) is 10.3. The molecule has 1 aliphatic heterocycles. The minimum absolute atomic E-state index is 0.00557. The van der Waals surface area contributed by atoms with E-state index in [0.29, 0.717) is 23.5 Å². The number of Topliss-reactive ketones (excluding diaryl/α,β-unsaturated/α-hetero) is 1. The predicted octanol–water partition coefficient (Wildman–Crippen LogP) is 4.28. The molecule has 0 unspecified atom stereocenters. The van der Waals surface area contributed by atoms with Crippen LogP contribution in [-0.4, -0.2) is 40.6 Å². The number of carbonyl (C=O) groups excluding carboxylic acids is 2. The van der Waals surface area contributed by atoms with E-state index in [1.807, 2.05) is 0 Å². The number of hydrogen-bond donors (Lipinski definition) is 1. The number of nitrogens with zero attached hydrogens (tertiary/aromatic N) is 2. The Morgan fingerprint density at radius 1 is 1.25 bits per heavy atom. The first-order valence-corrected chi connectivity index (χ1v) is 12.0. The normalized spacial score (nSPS) is 46.8. The molecule has 5 rings (SSSR count). The van der Waals surface area contributed by atoms with E-state index in [9.17, 15) is 9.59 Å². The summed E-state index contributed by atoms with van der Waals surface area (Å²) in [6, 6.07) is 0. The molecule has 0 radical (unpaired) electrons. The molecule has 5 aliphatic rings. The lowest BCUT2D eigenvalue weighted by Crippen LogP contribution is -2.58. The van der Waals surface area contributed by atoms with Crippen LogP contribution in [0, 0.1) is 34.5 Å². The van der Waals surface area contributed by atoms with Gasteiger partial charge in [-0.25, -0.2) is 0 Å². The standard InChI is InChI=1S/C25H34N2O5/c1-14(28)25-21(22(13-26-30)27-32-25)12-20-18-6-5-16-11-17(31-15(2)29)7-9-23(16,3)19(18)8-10-24(20,25)4/h5,13,17-21,30H,6-12H2,1-4H3/b26-13-/t17-,18+,19-,20-,21-,23-,24-,25+/m0/s1. The SMILES string of the molecule is CC(=O)O[C@H]1CC[C@@]2(C)C(=CC[C@@H]3[C@@H]2CC[C@@]2(C)[C@H]3C[C@H]3C(/C=N\O)=NO[C@]32C(C)=O)C1. The molecule has 32 heavy (non-hydrogen) atoms. The van der Waals surface area contributed by atoms with Gasteiger partial charge >= 0.3 is 5.97 Å². The third kappa shape index (κ3) is 2.65. The molecule has 7 heteroatoms. The monoisotopic (exact) mass is 442 g/mol. The molecule has 0 spiro atoms. The molecule has 0 aromatic heterocycles. The predicted molar refractivity (Wildman–Crippen MR) is 118 cm³/mol. The number of carbonyl (C=O) groups is 2. The Bertz CT molecular complexity index is 941. The average Bonchev–Trinajstić information content (AvgIpc) is 3.22. The van der Waals surface area contributed by atoms with E-state index >= 15 is 0 Å². The van der Waals surface area contributed by atoms with Crippen molar-refractivity contribution in [3.05, 3.63) is 11.6 Å². The maximum atomic E-state index is 13.1. The van der Waals surface area contributed by atoms with Crippen LogP contribution in [-0.2, 0) is 19.2 Å². The van der Waals surface area contributed by atoms with E-state index in [-0.39, 0.29) is 34.6 Å². The number of allylic oxidation sites excluding steroid dienone is 1. The summed E-state index contributed by atoms with van der Waals surface area (Å²) in [7, 11) is 0. The van der Waals surface area contributed by atoms with Crippen molar-refractivity contribution in [1.29, 1.82) is 0 Å². The highest BCUT2D eigenvalue weighted by Gasteiger charge is 2.74. The molecule has 4 aliphatic carbocycles. The van der Waals surface area contributed by atoms with Crippen molar-refractivity contribution in [2.75, 3.05) is 0 Å². The zero-order chi connectivity index (χ0) is 22.9. The quantitative estimate of drug-likeness (QED) is 0.231. The van der Waals surface area contributed by atoms with Gasteiger partial charge in [0, 0.05) is 18.8 Å². The Morgan fingerprint density at radius 3 is 2.72 bits per heavy atom. The van der Waals surface area contributed by atoms with Crippen LogP contribution in [0.4, 0.5) is 0 Å². The Labute approximate surface area is 189 Å². The molecular formula is C25H34N2O5. The van der Waals surface area contributed by atoms with Gasteiger partial charge in [-0.3, -0.25) is 9.59 Å². The molecule has 0 aromatic carbocycles. The highest BCUT2D eigenvalue weighted by Crippen LogP contribution is 2.70. The first-order valence-electron chi connectivity index (χ1n) is 12.0. The first-order chi connectivity index (χ1) is 15.2. The summed E-state index contributed by atoms with van der Waals surface area (Å²) in [4.78, 5) is 30.6. The summed E-state index contributed by atoms with van der Waals surface area (Å²) in [6.45, 7) is 7.74. The number of ketones is 1. The number of rotatable bonds is 3. The van der Waals surface area contributed by atoms with Crippen molar-refractivity contribution < 1.29 is 24.4 Å². The molecule has 174 valence electrons. The summed E-state index contributed by atoms with van der Waals surface area (Å²) < 4.78 is 5.55. The second-order valence-corrected chi connectivity index (χ2v) is 11.1. The molecule has 1 heterocycles. The Hall–Kier alpha value is -2.18. The fourth-order valence-corrected chi connectivity index (χ4v) is 8.57. The highest BCUT2D eigenvalue weighted by atomic mass is 16.7. The average molecular weight is 443 g/mol. The summed E-state index contributed by atoms with van der Waals surface area (Å²) in [5.74, 6) is 1.03. The van der Waals surface area contributed by atoms with Gasteiger partial charge < -0.3 is 14.8 Å². The second kappa shape index (κ2) is 7.16. The lowest BCUT2D eigenvalue weighted by atomic mass is 9.46. The van der Waals surface area contributed by atoms with Crippen LogP contribution in [0.5, 0.6) is 0 Å². The topological polar surface area (TPSA) is 97.6 Å². The summed E-state index contributed by atoms with van der Waals surface area (Å²) in [5.41, 5.74) is 0.888. The number of esters is 1. The summed E-state index contributed by atoms with van der Waals surface area (Å²) >= 11 is 0. The van der Waals surface area contributed by atoms with Crippen molar-refractivity contribution in [3.8, 4) is 0 Å². The Morgan fingerprint density at radius 2 is 2.03 bits per heavy atom. The molecule has 0 saturated heterocycles. The van der Waals surface area contributed by atoms with Crippen LogP contribution in [0.15, 0.2) is 22.0 Å². The largest absolute Gasteiger partial charge is 0.462 e. The van der Waals surface area contributed by atoms with Crippen LogP contribution in [0.25, 0.3) is 0 Å². The highest BCUT2D eigenvalue weighted by molar-refractivity contribution is 6.33. The molecule has 1 N–H and O–H groups in total.